The number of nitrogens with zero attached hydrogens (tertiary/aromatic N) is 1. The molecule has 0 heterocycles. The lowest BCUT2D eigenvalue weighted by atomic mass is 9.99. The van der Waals surface area contributed by atoms with Gasteiger partial charge in [0.1, 0.15) is 29.3 Å². The minimum absolute atomic E-state index is 0.0155. The number of esters is 1. The van der Waals surface area contributed by atoms with Crippen molar-refractivity contribution in [3.63, 3.8) is 0 Å². The van der Waals surface area contributed by atoms with Gasteiger partial charge in [0.2, 0.25) is 11.8 Å². The smallest absolute Gasteiger partial charge is 0.408 e. The third-order valence-corrected chi connectivity index (χ3v) is 7.13. The minimum atomic E-state index is -1.10. The maximum atomic E-state index is 14.4. The number of rotatable bonds is 14. The number of carbonyl (C=O) groups excluding carboxylic acids is 4. The molecule has 0 radical (unpaired) electrons. The predicted octanol–water partition coefficient (Wildman–Crippen LogP) is 5.81. The Morgan fingerprint density at radius 2 is 1.40 bits per heavy atom. The molecule has 3 unspecified atom stereocenters. The quantitative estimate of drug-likeness (QED) is 0.177. The number of nitrogens with one attached hydrogen (secondary N) is 2. The summed E-state index contributed by atoms with van der Waals surface area (Å²) in [4.78, 5) is 56.0. The average molecular weight is 642 g/mol. The summed E-state index contributed by atoms with van der Waals surface area (Å²) in [6, 6.07) is 13.7. The summed E-state index contributed by atoms with van der Waals surface area (Å²) in [5.41, 5.74) is 0.942. The molecule has 3 amide bonds. The first kappa shape index (κ1) is 37.7. The van der Waals surface area contributed by atoms with Gasteiger partial charge in [-0.15, -0.1) is 0 Å². The molecule has 0 aliphatic heterocycles. The molecule has 0 spiro atoms. The zero-order valence-corrected chi connectivity index (χ0v) is 28.9. The molecule has 2 aromatic carbocycles. The van der Waals surface area contributed by atoms with Crippen molar-refractivity contribution in [1.29, 1.82) is 0 Å². The van der Waals surface area contributed by atoms with Crippen molar-refractivity contribution in [1.82, 2.24) is 15.5 Å². The second kappa shape index (κ2) is 17.2. The van der Waals surface area contributed by atoms with E-state index in [0.29, 0.717) is 12.0 Å². The summed E-state index contributed by atoms with van der Waals surface area (Å²) in [7, 11) is 0. The van der Waals surface area contributed by atoms with Crippen LogP contribution in [0.25, 0.3) is 0 Å². The lowest BCUT2D eigenvalue weighted by Crippen LogP contribution is -2.55. The number of carbonyl (C=O) groups is 4. The first-order valence-corrected chi connectivity index (χ1v) is 16.3. The van der Waals surface area contributed by atoms with Crippen LogP contribution in [0.2, 0.25) is 0 Å². The maximum absolute atomic E-state index is 14.4. The molecule has 0 aliphatic rings. The normalized spacial score (nSPS) is 13.6. The highest BCUT2D eigenvalue weighted by Gasteiger charge is 2.38. The van der Waals surface area contributed by atoms with E-state index >= 15 is 0 Å². The maximum Gasteiger partial charge on any atom is 0.408 e. The van der Waals surface area contributed by atoms with Gasteiger partial charge in [-0.1, -0.05) is 74.9 Å². The van der Waals surface area contributed by atoms with Crippen LogP contribution in [0.15, 0.2) is 54.6 Å². The lowest BCUT2D eigenvalue weighted by molar-refractivity contribution is -0.159. The van der Waals surface area contributed by atoms with Gasteiger partial charge in [0.15, 0.2) is 0 Å². The number of hydrogen-bond donors (Lipinski definition) is 3. The van der Waals surface area contributed by atoms with E-state index < -0.39 is 53.2 Å². The molecule has 45 heavy (non-hydrogen) atoms. The Morgan fingerprint density at radius 1 is 0.800 bits per heavy atom. The first-order valence-electron chi connectivity index (χ1n) is 15.6. The fraction of sp³-hybridized carbons (Fsp3) is 0.543. The molecule has 3 atom stereocenters. The molecular weight excluding hydrogens is 590 g/mol. The van der Waals surface area contributed by atoms with Gasteiger partial charge >= 0.3 is 12.1 Å². The largest absolute Gasteiger partial charge is 0.458 e. The van der Waals surface area contributed by atoms with E-state index in [1.54, 1.807) is 41.5 Å². The van der Waals surface area contributed by atoms with Crippen LogP contribution in [0.5, 0.6) is 0 Å². The number of amides is 3. The molecule has 9 nitrogen and oxygen atoms in total. The summed E-state index contributed by atoms with van der Waals surface area (Å²) in [6.07, 6.45) is 1.60. The van der Waals surface area contributed by atoms with E-state index in [-0.39, 0.29) is 18.7 Å². The Morgan fingerprint density at radius 3 is 1.91 bits per heavy atom. The van der Waals surface area contributed by atoms with Crippen LogP contribution in [0.4, 0.5) is 4.79 Å². The van der Waals surface area contributed by atoms with Gasteiger partial charge in [0.05, 0.1) is 0 Å². The summed E-state index contributed by atoms with van der Waals surface area (Å²) in [6.45, 7) is 14.8. The van der Waals surface area contributed by atoms with Gasteiger partial charge in [-0.2, -0.15) is 12.6 Å². The zero-order valence-electron chi connectivity index (χ0n) is 28.0. The Bertz CT molecular complexity index is 1250. The number of ether oxygens (including phenoxy) is 2. The molecule has 2 N–H and O–H groups in total. The van der Waals surface area contributed by atoms with Crippen molar-refractivity contribution in [3.8, 4) is 0 Å². The van der Waals surface area contributed by atoms with Crippen LogP contribution in [0.3, 0.4) is 0 Å². The zero-order chi connectivity index (χ0) is 33.8. The molecule has 2 rings (SSSR count). The Kier molecular flexibility index (Phi) is 14.4. The summed E-state index contributed by atoms with van der Waals surface area (Å²) in [5.74, 6) is -1.61. The molecule has 0 saturated carbocycles. The third kappa shape index (κ3) is 12.8. The van der Waals surface area contributed by atoms with E-state index in [4.69, 9.17) is 9.47 Å². The van der Waals surface area contributed by atoms with E-state index in [0.717, 1.165) is 24.0 Å². The Labute approximate surface area is 274 Å². The molecule has 0 bridgehead atoms. The van der Waals surface area contributed by atoms with Crippen LogP contribution < -0.4 is 10.6 Å². The SMILES string of the molecule is CCCCN(C(=O)C(CS)NC(=O)OC(C)(C)C)C(C(=O)NC(Cc1ccccc1)C(=O)OC(C)(C)C)c1ccc(CC)cc1. The van der Waals surface area contributed by atoms with Crippen LogP contribution in [-0.4, -0.2) is 64.4 Å². The number of alkyl carbamates (subject to hydrolysis) is 1. The molecule has 248 valence electrons. The van der Waals surface area contributed by atoms with Crippen molar-refractivity contribution < 1.29 is 28.7 Å². The van der Waals surface area contributed by atoms with Crippen molar-refractivity contribution in [2.45, 2.75) is 110 Å². The van der Waals surface area contributed by atoms with Gasteiger partial charge in [-0.25, -0.2) is 9.59 Å². The topological polar surface area (TPSA) is 114 Å². The molecule has 0 fully saturated rings. The van der Waals surface area contributed by atoms with E-state index in [2.05, 4.69) is 23.3 Å². The average Bonchev–Trinajstić information content (AvgIpc) is 2.96. The van der Waals surface area contributed by atoms with Gasteiger partial charge in [0.25, 0.3) is 0 Å². The standard InChI is InChI=1S/C35H51N3O6S/c1-9-11-21-38(31(40)28(23-45)37-33(42)44-35(6,7)8)29(26-19-17-24(10-2)18-20-26)30(39)36-27(32(41)43-34(3,4)5)22-25-15-13-12-14-16-25/h12-20,27-29,45H,9-11,21-23H2,1-8H3,(H,36,39)(H,37,42). The summed E-state index contributed by atoms with van der Waals surface area (Å²) < 4.78 is 11.1. The van der Waals surface area contributed by atoms with Gasteiger partial charge in [-0.05, 0) is 71.1 Å². The highest BCUT2D eigenvalue weighted by Crippen LogP contribution is 2.25. The minimum Gasteiger partial charge on any atom is -0.458 e. The predicted molar refractivity (Wildman–Crippen MR) is 180 cm³/mol. The molecule has 2 aromatic rings. The number of aryl methyl sites for hydroxylation is 1. The molecular formula is C35H51N3O6S. The number of thiol groups is 1. The highest BCUT2D eigenvalue weighted by atomic mass is 32.1. The summed E-state index contributed by atoms with van der Waals surface area (Å²) >= 11 is 4.36. The molecule has 0 aromatic heterocycles. The molecule has 0 saturated heterocycles. The Hall–Kier alpha value is -3.53. The summed E-state index contributed by atoms with van der Waals surface area (Å²) in [5, 5.41) is 5.54. The van der Waals surface area contributed by atoms with Crippen LogP contribution in [0.1, 0.15) is 91.0 Å². The van der Waals surface area contributed by atoms with Crippen LogP contribution in [0, 0.1) is 0 Å². The van der Waals surface area contributed by atoms with Gasteiger partial charge < -0.3 is 25.0 Å². The van der Waals surface area contributed by atoms with Crippen molar-refractivity contribution in [3.05, 3.63) is 71.3 Å². The lowest BCUT2D eigenvalue weighted by Gasteiger charge is -2.35. The molecule has 0 aliphatic carbocycles. The van der Waals surface area contributed by atoms with E-state index in [1.807, 2.05) is 68.4 Å². The van der Waals surface area contributed by atoms with Gasteiger partial charge in [0, 0.05) is 18.7 Å². The van der Waals surface area contributed by atoms with Crippen molar-refractivity contribution >= 4 is 36.5 Å². The second-order valence-electron chi connectivity index (χ2n) is 13.0. The van der Waals surface area contributed by atoms with E-state index in [1.165, 1.54) is 4.90 Å². The third-order valence-electron chi connectivity index (χ3n) is 6.76. The fourth-order valence-corrected chi connectivity index (χ4v) is 4.85. The number of benzene rings is 2. The van der Waals surface area contributed by atoms with Crippen molar-refractivity contribution in [2.24, 2.45) is 0 Å². The van der Waals surface area contributed by atoms with Crippen LogP contribution >= 0.6 is 12.6 Å². The molecule has 10 heteroatoms. The number of hydrogen-bond acceptors (Lipinski definition) is 7. The highest BCUT2D eigenvalue weighted by molar-refractivity contribution is 7.80. The number of unbranched alkanes of at least 4 members (excludes halogenated alkanes) is 1. The monoisotopic (exact) mass is 641 g/mol. The van der Waals surface area contributed by atoms with Gasteiger partial charge in [-0.3, -0.25) is 9.59 Å². The Balaban J connectivity index is 2.56. The van der Waals surface area contributed by atoms with Crippen molar-refractivity contribution in [2.75, 3.05) is 12.3 Å². The van der Waals surface area contributed by atoms with E-state index in [9.17, 15) is 19.2 Å². The first-order chi connectivity index (χ1) is 21.1. The second-order valence-corrected chi connectivity index (χ2v) is 13.4. The fourth-order valence-electron chi connectivity index (χ4n) is 4.61. The van der Waals surface area contributed by atoms with Crippen LogP contribution in [-0.2, 0) is 36.7 Å².